The van der Waals surface area contributed by atoms with E-state index in [1.807, 2.05) is 38.1 Å². The van der Waals surface area contributed by atoms with Crippen molar-refractivity contribution < 1.29 is 22.7 Å². The highest BCUT2D eigenvalue weighted by atomic mass is 79.9. The molecule has 0 fully saturated rings. The summed E-state index contributed by atoms with van der Waals surface area (Å²) in [6.45, 7) is 6.65. The number of benzene rings is 2. The van der Waals surface area contributed by atoms with Crippen molar-refractivity contribution in [3.63, 3.8) is 0 Å². The third-order valence-corrected chi connectivity index (χ3v) is 7.29. The minimum atomic E-state index is -3.56. The molecule has 198 valence electrons. The Kier molecular flexibility index (Phi) is 11.2. The van der Waals surface area contributed by atoms with Gasteiger partial charge in [-0.15, -0.1) is 0 Å². The van der Waals surface area contributed by atoms with Crippen LogP contribution in [0.4, 0.5) is 5.69 Å². The number of methoxy groups -OCH3 is 1. The first-order valence-electron chi connectivity index (χ1n) is 11.9. The first-order valence-corrected chi connectivity index (χ1v) is 14.5. The molecule has 2 aromatic rings. The van der Waals surface area contributed by atoms with Crippen molar-refractivity contribution in [2.75, 3.05) is 30.8 Å². The van der Waals surface area contributed by atoms with Crippen molar-refractivity contribution in [2.45, 2.75) is 46.2 Å². The lowest BCUT2D eigenvalue weighted by molar-refractivity contribution is -0.140. The van der Waals surface area contributed by atoms with Crippen LogP contribution in [0.3, 0.4) is 0 Å². The third-order valence-electron chi connectivity index (χ3n) is 5.61. The van der Waals surface area contributed by atoms with E-state index in [-0.39, 0.29) is 37.2 Å². The zero-order chi connectivity index (χ0) is 26.9. The topological polar surface area (TPSA) is 96.0 Å². The van der Waals surface area contributed by atoms with Gasteiger partial charge in [0.15, 0.2) is 0 Å². The number of sulfonamides is 1. The molecule has 10 heteroatoms. The number of hydrogen-bond acceptors (Lipinski definition) is 5. The lowest BCUT2D eigenvalue weighted by Crippen LogP contribution is -2.48. The molecule has 1 N–H and O–H groups in total. The third kappa shape index (κ3) is 9.13. The van der Waals surface area contributed by atoms with E-state index >= 15 is 0 Å². The second-order valence-electron chi connectivity index (χ2n) is 9.10. The van der Waals surface area contributed by atoms with Crippen LogP contribution in [0.25, 0.3) is 0 Å². The van der Waals surface area contributed by atoms with E-state index in [9.17, 15) is 18.0 Å². The fraction of sp³-hybridized carbons (Fsp3) is 0.462. The zero-order valence-corrected chi connectivity index (χ0v) is 23.9. The standard InChI is InChI=1S/C26H36BrN3O5S/c1-19(2)17-28-26(32)20(3)29(18-21-8-6-9-22(27)16-21)25(31)10-7-15-30(36(5,33)34)23-11-13-24(35-4)14-12-23/h6,8-9,11-14,16,19-20H,7,10,15,17-18H2,1-5H3,(H,28,32)/t20-/m1/s1. The number of amides is 2. The predicted molar refractivity (Wildman–Crippen MR) is 146 cm³/mol. The van der Waals surface area contributed by atoms with Crippen molar-refractivity contribution in [2.24, 2.45) is 5.92 Å². The van der Waals surface area contributed by atoms with Gasteiger partial charge in [0.1, 0.15) is 11.8 Å². The number of rotatable bonds is 13. The van der Waals surface area contributed by atoms with E-state index in [1.54, 1.807) is 43.2 Å². The monoisotopic (exact) mass is 581 g/mol. The Bertz CT molecular complexity index is 1120. The van der Waals surface area contributed by atoms with Gasteiger partial charge in [-0.2, -0.15) is 0 Å². The lowest BCUT2D eigenvalue weighted by Gasteiger charge is -2.29. The summed E-state index contributed by atoms with van der Waals surface area (Å²) in [5.41, 5.74) is 1.38. The largest absolute Gasteiger partial charge is 0.497 e. The number of nitrogens with zero attached hydrogens (tertiary/aromatic N) is 2. The molecule has 2 rings (SSSR count). The highest BCUT2D eigenvalue weighted by molar-refractivity contribution is 9.10. The van der Waals surface area contributed by atoms with Crippen LogP contribution in [-0.4, -0.2) is 57.6 Å². The second kappa shape index (κ2) is 13.6. The Morgan fingerprint density at radius 1 is 1.08 bits per heavy atom. The molecule has 0 aliphatic heterocycles. The Hall–Kier alpha value is -2.59. The van der Waals surface area contributed by atoms with Gasteiger partial charge in [-0.05, 0) is 61.2 Å². The predicted octanol–water partition coefficient (Wildman–Crippen LogP) is 4.19. The highest BCUT2D eigenvalue weighted by Crippen LogP contribution is 2.22. The molecule has 0 radical (unpaired) electrons. The van der Waals surface area contributed by atoms with Gasteiger partial charge in [0.05, 0.1) is 19.1 Å². The number of halogens is 1. The second-order valence-corrected chi connectivity index (χ2v) is 11.9. The van der Waals surface area contributed by atoms with Crippen molar-refractivity contribution >= 4 is 43.5 Å². The molecule has 0 aliphatic carbocycles. The molecular weight excluding hydrogens is 546 g/mol. The number of carbonyl (C=O) groups excluding carboxylic acids is 2. The summed E-state index contributed by atoms with van der Waals surface area (Å²) >= 11 is 3.45. The smallest absolute Gasteiger partial charge is 0.242 e. The van der Waals surface area contributed by atoms with E-state index in [1.165, 1.54) is 4.31 Å². The normalized spacial score (nSPS) is 12.2. The minimum absolute atomic E-state index is 0.0952. The van der Waals surface area contributed by atoms with E-state index < -0.39 is 16.1 Å². The van der Waals surface area contributed by atoms with Crippen molar-refractivity contribution in [3.8, 4) is 5.75 Å². The summed E-state index contributed by atoms with van der Waals surface area (Å²) < 4.78 is 32.2. The zero-order valence-electron chi connectivity index (χ0n) is 21.5. The van der Waals surface area contributed by atoms with Gasteiger partial charge in [0.25, 0.3) is 0 Å². The number of carbonyl (C=O) groups is 2. The molecule has 1 atom stereocenters. The molecule has 0 bridgehead atoms. The van der Waals surface area contributed by atoms with Gasteiger partial charge >= 0.3 is 0 Å². The average molecular weight is 583 g/mol. The Morgan fingerprint density at radius 3 is 2.31 bits per heavy atom. The molecule has 2 aromatic carbocycles. The molecule has 0 heterocycles. The van der Waals surface area contributed by atoms with Crippen LogP contribution in [-0.2, 0) is 26.2 Å². The van der Waals surface area contributed by atoms with Gasteiger partial charge in [-0.25, -0.2) is 8.42 Å². The molecule has 36 heavy (non-hydrogen) atoms. The van der Waals surface area contributed by atoms with Crippen molar-refractivity contribution in [1.29, 1.82) is 0 Å². The SMILES string of the molecule is COc1ccc(N(CCCC(=O)N(Cc2cccc(Br)c2)[C@H](C)C(=O)NCC(C)C)S(C)(=O)=O)cc1. The highest BCUT2D eigenvalue weighted by Gasteiger charge is 2.26. The average Bonchev–Trinajstić information content (AvgIpc) is 2.82. The summed E-state index contributed by atoms with van der Waals surface area (Å²) in [6.07, 6.45) is 1.53. The Balaban J connectivity index is 2.15. The Labute approximate surface area is 223 Å². The van der Waals surface area contributed by atoms with Gasteiger partial charge in [0, 0.05) is 30.5 Å². The van der Waals surface area contributed by atoms with Crippen LogP contribution in [0.15, 0.2) is 53.0 Å². The number of hydrogen-bond donors (Lipinski definition) is 1. The molecule has 8 nitrogen and oxygen atoms in total. The fourth-order valence-electron chi connectivity index (χ4n) is 3.62. The first-order chi connectivity index (χ1) is 16.9. The fourth-order valence-corrected chi connectivity index (χ4v) is 5.03. The molecular formula is C26H36BrN3O5S. The Morgan fingerprint density at radius 2 is 1.75 bits per heavy atom. The van der Waals surface area contributed by atoms with Gasteiger partial charge in [-0.3, -0.25) is 13.9 Å². The maximum absolute atomic E-state index is 13.3. The summed E-state index contributed by atoms with van der Waals surface area (Å²) in [6, 6.07) is 13.6. The van der Waals surface area contributed by atoms with Gasteiger partial charge in [0.2, 0.25) is 21.8 Å². The maximum atomic E-state index is 13.3. The van der Waals surface area contributed by atoms with Crippen LogP contribution in [0.1, 0.15) is 39.2 Å². The summed E-state index contributed by atoms with van der Waals surface area (Å²) in [7, 11) is -2.02. The van der Waals surface area contributed by atoms with E-state index in [2.05, 4.69) is 21.2 Å². The van der Waals surface area contributed by atoms with E-state index in [0.717, 1.165) is 16.3 Å². The molecule has 0 saturated carbocycles. The summed E-state index contributed by atoms with van der Waals surface area (Å²) in [4.78, 5) is 27.7. The van der Waals surface area contributed by atoms with E-state index in [0.29, 0.717) is 24.4 Å². The van der Waals surface area contributed by atoms with Crippen LogP contribution in [0, 0.1) is 5.92 Å². The van der Waals surface area contributed by atoms with Gasteiger partial charge in [-0.1, -0.05) is 41.9 Å². The molecule has 0 aliphatic rings. The quantitative estimate of drug-likeness (QED) is 0.382. The molecule has 0 unspecified atom stereocenters. The molecule has 2 amide bonds. The molecule has 0 spiro atoms. The number of anilines is 1. The van der Waals surface area contributed by atoms with Crippen LogP contribution in [0.5, 0.6) is 5.75 Å². The van der Waals surface area contributed by atoms with E-state index in [4.69, 9.17) is 4.74 Å². The first kappa shape index (κ1) is 29.6. The van der Waals surface area contributed by atoms with Crippen LogP contribution in [0.2, 0.25) is 0 Å². The van der Waals surface area contributed by atoms with Gasteiger partial charge < -0.3 is 15.0 Å². The number of ether oxygens (including phenoxy) is 1. The summed E-state index contributed by atoms with van der Waals surface area (Å²) in [5.74, 6) is 0.471. The van der Waals surface area contributed by atoms with Crippen LogP contribution < -0.4 is 14.4 Å². The number of nitrogens with one attached hydrogen (secondary N) is 1. The lowest BCUT2D eigenvalue weighted by atomic mass is 10.1. The molecule has 0 aromatic heterocycles. The van der Waals surface area contributed by atoms with Crippen molar-refractivity contribution in [3.05, 3.63) is 58.6 Å². The summed E-state index contributed by atoms with van der Waals surface area (Å²) in [5, 5.41) is 2.90. The van der Waals surface area contributed by atoms with Crippen LogP contribution >= 0.6 is 15.9 Å². The maximum Gasteiger partial charge on any atom is 0.242 e. The minimum Gasteiger partial charge on any atom is -0.497 e. The molecule has 0 saturated heterocycles. The van der Waals surface area contributed by atoms with Crippen molar-refractivity contribution in [1.82, 2.24) is 10.2 Å².